The van der Waals surface area contributed by atoms with Crippen LogP contribution in [0.1, 0.15) is 5.56 Å². The smallest absolute Gasteiger partial charge is 0.250 e. The Balaban J connectivity index is 1.57. The Morgan fingerprint density at radius 2 is 1.73 bits per heavy atom. The highest BCUT2D eigenvalue weighted by atomic mass is 35.5. The van der Waals surface area contributed by atoms with Gasteiger partial charge in [0.25, 0.3) is 0 Å². The predicted octanol–water partition coefficient (Wildman–Crippen LogP) is 3.26. The third-order valence-electron chi connectivity index (χ3n) is 4.32. The molecule has 10 heteroatoms. The molecule has 0 aliphatic carbocycles. The van der Waals surface area contributed by atoms with Crippen molar-refractivity contribution in [2.45, 2.75) is 0 Å². The molecule has 2 heterocycles. The summed E-state index contributed by atoms with van der Waals surface area (Å²) in [5, 5.41) is 17.8. The van der Waals surface area contributed by atoms with Crippen LogP contribution >= 0.6 is 11.6 Å². The summed E-state index contributed by atoms with van der Waals surface area (Å²) in [6.07, 6.45) is 1.50. The van der Waals surface area contributed by atoms with Crippen LogP contribution in [0.4, 0.5) is 23.5 Å². The lowest BCUT2D eigenvalue weighted by atomic mass is 10.2. The third kappa shape index (κ3) is 5.13. The Kier molecular flexibility index (Phi) is 6.21. The van der Waals surface area contributed by atoms with E-state index in [1.54, 1.807) is 30.3 Å². The molecule has 2 aromatic carbocycles. The van der Waals surface area contributed by atoms with E-state index >= 15 is 0 Å². The number of phenolic OH excluding ortho intramolecular Hbond substituents is 1. The van der Waals surface area contributed by atoms with E-state index in [9.17, 15) is 5.11 Å². The number of para-hydroxylation sites is 1. The number of halogens is 1. The molecule has 1 saturated heterocycles. The van der Waals surface area contributed by atoms with Gasteiger partial charge in [0.2, 0.25) is 17.8 Å². The lowest BCUT2D eigenvalue weighted by molar-refractivity contribution is 0.122. The number of ether oxygens (including phenoxy) is 1. The van der Waals surface area contributed by atoms with Crippen LogP contribution < -0.4 is 15.6 Å². The van der Waals surface area contributed by atoms with Gasteiger partial charge in [-0.15, -0.1) is 0 Å². The molecule has 30 heavy (non-hydrogen) atoms. The molecule has 3 N–H and O–H groups in total. The molecule has 1 aromatic heterocycles. The molecule has 0 amide bonds. The molecule has 3 aromatic rings. The molecule has 0 radical (unpaired) electrons. The minimum absolute atomic E-state index is 0.137. The highest BCUT2D eigenvalue weighted by Gasteiger charge is 2.16. The number of hydrogen-bond donors (Lipinski definition) is 3. The van der Waals surface area contributed by atoms with Crippen LogP contribution in [-0.4, -0.2) is 52.6 Å². The zero-order valence-corrected chi connectivity index (χ0v) is 16.8. The summed E-state index contributed by atoms with van der Waals surface area (Å²) >= 11 is 5.95. The maximum atomic E-state index is 9.85. The molecular weight excluding hydrogens is 406 g/mol. The molecule has 154 valence electrons. The lowest BCUT2D eigenvalue weighted by Crippen LogP contribution is -2.37. The van der Waals surface area contributed by atoms with Gasteiger partial charge in [-0.3, -0.25) is 0 Å². The van der Waals surface area contributed by atoms with Gasteiger partial charge in [-0.1, -0.05) is 23.7 Å². The zero-order chi connectivity index (χ0) is 20.8. The number of anilines is 4. The van der Waals surface area contributed by atoms with Gasteiger partial charge in [-0.2, -0.15) is 20.1 Å². The van der Waals surface area contributed by atoms with Crippen LogP contribution in [0.3, 0.4) is 0 Å². The minimum atomic E-state index is 0.137. The summed E-state index contributed by atoms with van der Waals surface area (Å²) in [5.41, 5.74) is 4.18. The van der Waals surface area contributed by atoms with Crippen molar-refractivity contribution in [3.63, 3.8) is 0 Å². The number of hydrazone groups is 1. The summed E-state index contributed by atoms with van der Waals surface area (Å²) in [7, 11) is 0. The predicted molar refractivity (Wildman–Crippen MR) is 117 cm³/mol. The van der Waals surface area contributed by atoms with Crippen LogP contribution in [-0.2, 0) is 4.74 Å². The normalized spacial score (nSPS) is 14.1. The van der Waals surface area contributed by atoms with E-state index in [2.05, 4.69) is 30.8 Å². The molecule has 4 rings (SSSR count). The molecule has 1 fully saturated rings. The SMILES string of the molecule is Oc1ccccc1C=NNc1nc(Nc2ccc(Cl)cc2)nc(N2CCOCC2)n1. The maximum Gasteiger partial charge on any atom is 0.250 e. The fourth-order valence-corrected chi connectivity index (χ4v) is 2.92. The first kappa shape index (κ1) is 19.9. The third-order valence-corrected chi connectivity index (χ3v) is 4.57. The van der Waals surface area contributed by atoms with Gasteiger partial charge in [-0.05, 0) is 36.4 Å². The number of rotatable bonds is 6. The molecule has 0 atom stereocenters. The fourth-order valence-electron chi connectivity index (χ4n) is 2.79. The first-order chi connectivity index (χ1) is 14.7. The Hall–Kier alpha value is -3.43. The maximum absolute atomic E-state index is 9.85. The molecular formula is C20H20ClN7O2. The highest BCUT2D eigenvalue weighted by molar-refractivity contribution is 6.30. The molecule has 9 nitrogen and oxygen atoms in total. The van der Waals surface area contributed by atoms with Crippen molar-refractivity contribution in [2.24, 2.45) is 5.10 Å². The molecule has 0 bridgehead atoms. The Morgan fingerprint density at radius 3 is 2.50 bits per heavy atom. The van der Waals surface area contributed by atoms with Crippen molar-refractivity contribution in [3.8, 4) is 5.75 Å². The van der Waals surface area contributed by atoms with Gasteiger partial charge in [0.1, 0.15) is 5.75 Å². The van der Waals surface area contributed by atoms with Gasteiger partial charge in [0, 0.05) is 29.4 Å². The highest BCUT2D eigenvalue weighted by Crippen LogP contribution is 2.20. The number of aromatic nitrogens is 3. The van der Waals surface area contributed by atoms with E-state index in [0.29, 0.717) is 48.8 Å². The van der Waals surface area contributed by atoms with E-state index in [4.69, 9.17) is 16.3 Å². The summed E-state index contributed by atoms with van der Waals surface area (Å²) < 4.78 is 5.41. The van der Waals surface area contributed by atoms with E-state index in [1.165, 1.54) is 6.21 Å². The molecule has 0 saturated carbocycles. The quantitative estimate of drug-likeness (QED) is 0.408. The second kappa shape index (κ2) is 9.38. The van der Waals surface area contributed by atoms with Crippen LogP contribution in [0.2, 0.25) is 5.02 Å². The summed E-state index contributed by atoms with van der Waals surface area (Å²) in [6, 6.07) is 14.1. The second-order valence-corrected chi connectivity index (χ2v) is 6.88. The number of hydrogen-bond acceptors (Lipinski definition) is 9. The number of morpholine rings is 1. The van der Waals surface area contributed by atoms with Crippen molar-refractivity contribution in [1.82, 2.24) is 15.0 Å². The number of benzene rings is 2. The second-order valence-electron chi connectivity index (χ2n) is 6.44. The molecule has 1 aliphatic heterocycles. The van der Waals surface area contributed by atoms with Crippen LogP contribution in [0.5, 0.6) is 5.75 Å². The van der Waals surface area contributed by atoms with Crippen molar-refractivity contribution >= 4 is 41.3 Å². The van der Waals surface area contributed by atoms with Crippen LogP contribution in [0.25, 0.3) is 0 Å². The van der Waals surface area contributed by atoms with E-state index < -0.39 is 0 Å². The van der Waals surface area contributed by atoms with E-state index in [0.717, 1.165) is 5.69 Å². The monoisotopic (exact) mass is 425 g/mol. The van der Waals surface area contributed by atoms with Crippen LogP contribution in [0, 0.1) is 0 Å². The average molecular weight is 426 g/mol. The average Bonchev–Trinajstić information content (AvgIpc) is 2.77. The topological polar surface area (TPSA) is 108 Å². The number of aromatic hydroxyl groups is 1. The van der Waals surface area contributed by atoms with Crippen molar-refractivity contribution < 1.29 is 9.84 Å². The van der Waals surface area contributed by atoms with Gasteiger partial charge < -0.3 is 20.1 Å². The largest absolute Gasteiger partial charge is 0.507 e. The fraction of sp³-hybridized carbons (Fsp3) is 0.200. The Morgan fingerprint density at radius 1 is 1.00 bits per heavy atom. The molecule has 1 aliphatic rings. The number of nitrogens with zero attached hydrogens (tertiary/aromatic N) is 5. The summed E-state index contributed by atoms with van der Waals surface area (Å²) in [4.78, 5) is 15.4. The standard InChI is InChI=1S/C20H20ClN7O2/c21-15-5-7-16(8-6-15)23-18-24-19(26-20(25-18)28-9-11-30-12-10-28)27-22-13-14-3-1-2-4-17(14)29/h1-8,13,29H,9-12H2,(H2,23,24,25,26,27). The van der Waals surface area contributed by atoms with Gasteiger partial charge in [0.05, 0.1) is 19.4 Å². The molecule has 0 unspecified atom stereocenters. The van der Waals surface area contributed by atoms with Crippen molar-refractivity contribution in [2.75, 3.05) is 41.9 Å². The number of nitrogens with one attached hydrogen (secondary N) is 2. The van der Waals surface area contributed by atoms with Crippen LogP contribution in [0.15, 0.2) is 53.6 Å². The van der Waals surface area contributed by atoms with Gasteiger partial charge >= 0.3 is 0 Å². The van der Waals surface area contributed by atoms with Crippen molar-refractivity contribution in [3.05, 3.63) is 59.1 Å². The zero-order valence-electron chi connectivity index (χ0n) is 16.0. The minimum Gasteiger partial charge on any atom is -0.507 e. The van der Waals surface area contributed by atoms with E-state index in [1.807, 2.05) is 23.1 Å². The first-order valence-corrected chi connectivity index (χ1v) is 9.73. The summed E-state index contributed by atoms with van der Waals surface area (Å²) in [5.74, 6) is 1.30. The lowest BCUT2D eigenvalue weighted by Gasteiger charge is -2.27. The summed E-state index contributed by atoms with van der Waals surface area (Å²) in [6.45, 7) is 2.59. The van der Waals surface area contributed by atoms with Gasteiger partial charge in [0.15, 0.2) is 0 Å². The Bertz CT molecular complexity index is 1020. The molecule has 0 spiro atoms. The Labute approximate surface area is 178 Å². The number of phenols is 1. The van der Waals surface area contributed by atoms with Gasteiger partial charge in [-0.25, -0.2) is 5.43 Å². The van der Waals surface area contributed by atoms with E-state index in [-0.39, 0.29) is 11.7 Å². The van der Waals surface area contributed by atoms with Crippen molar-refractivity contribution in [1.29, 1.82) is 0 Å². The first-order valence-electron chi connectivity index (χ1n) is 9.36.